The summed E-state index contributed by atoms with van der Waals surface area (Å²) in [6.07, 6.45) is 3.25. The van der Waals surface area contributed by atoms with Crippen LogP contribution in [-0.4, -0.2) is 21.8 Å². The fraction of sp³-hybridized carbons (Fsp3) is 0.0588. The zero-order valence-corrected chi connectivity index (χ0v) is 14.6. The van der Waals surface area contributed by atoms with Gasteiger partial charge in [-0.3, -0.25) is 14.6 Å². The number of carbonyl (C=O) groups excluding carboxylic acids is 2. The molecule has 0 fully saturated rings. The lowest BCUT2D eigenvalue weighted by atomic mass is 10.1. The predicted octanol–water partition coefficient (Wildman–Crippen LogP) is 2.52. The number of benzene rings is 1. The molecule has 132 valence electrons. The van der Waals surface area contributed by atoms with Crippen molar-refractivity contribution in [2.24, 2.45) is 5.73 Å². The van der Waals surface area contributed by atoms with Crippen molar-refractivity contribution in [3.05, 3.63) is 59.5 Å². The van der Waals surface area contributed by atoms with Crippen LogP contribution in [0.25, 0.3) is 0 Å². The maximum absolute atomic E-state index is 12.4. The highest BCUT2D eigenvalue weighted by Crippen LogP contribution is 2.30. The Balaban J connectivity index is 1.85. The van der Waals surface area contributed by atoms with Gasteiger partial charge in [-0.25, -0.2) is 4.98 Å². The third-order valence-electron chi connectivity index (χ3n) is 3.54. The largest absolute Gasteiger partial charge is 0.398 e. The molecule has 0 atom stereocenters. The quantitative estimate of drug-likeness (QED) is 0.511. The molecule has 2 amide bonds. The average Bonchev–Trinajstić information content (AvgIpc) is 3.00. The molecule has 2 aromatic heterocycles. The van der Waals surface area contributed by atoms with E-state index in [0.717, 1.165) is 16.9 Å². The number of rotatable bonds is 5. The van der Waals surface area contributed by atoms with E-state index >= 15 is 0 Å². The van der Waals surface area contributed by atoms with Crippen LogP contribution < -0.4 is 22.1 Å². The molecule has 0 spiro atoms. The second-order valence-electron chi connectivity index (χ2n) is 5.45. The van der Waals surface area contributed by atoms with Gasteiger partial charge in [0.15, 0.2) is 10.8 Å². The summed E-state index contributed by atoms with van der Waals surface area (Å²) in [5.74, 6) is -1.14. The summed E-state index contributed by atoms with van der Waals surface area (Å²) >= 11 is 1.10. The molecule has 0 saturated carbocycles. The SMILES string of the molecule is Cc1ccc(C(=O)Nc2sc(Nc3cccnc3)nc2C(N)=O)cc1N. The molecule has 6 N–H and O–H groups in total. The number of hydrogen-bond acceptors (Lipinski definition) is 7. The summed E-state index contributed by atoms with van der Waals surface area (Å²) in [7, 11) is 0. The lowest BCUT2D eigenvalue weighted by molar-refractivity contribution is 0.0997. The van der Waals surface area contributed by atoms with Gasteiger partial charge in [0.2, 0.25) is 0 Å². The van der Waals surface area contributed by atoms with Gasteiger partial charge in [-0.15, -0.1) is 0 Å². The number of nitrogens with zero attached hydrogens (tertiary/aromatic N) is 2. The number of nitrogens with one attached hydrogen (secondary N) is 2. The summed E-state index contributed by atoms with van der Waals surface area (Å²) < 4.78 is 0. The average molecular weight is 368 g/mol. The lowest BCUT2D eigenvalue weighted by Crippen LogP contribution is -2.17. The van der Waals surface area contributed by atoms with Gasteiger partial charge in [0.25, 0.3) is 11.8 Å². The first-order chi connectivity index (χ1) is 12.4. The summed E-state index contributed by atoms with van der Waals surface area (Å²) in [6.45, 7) is 1.85. The summed E-state index contributed by atoms with van der Waals surface area (Å²) in [5.41, 5.74) is 13.6. The van der Waals surface area contributed by atoms with Crippen LogP contribution in [-0.2, 0) is 0 Å². The molecule has 8 nitrogen and oxygen atoms in total. The maximum Gasteiger partial charge on any atom is 0.270 e. The minimum Gasteiger partial charge on any atom is -0.398 e. The number of nitrogens with two attached hydrogens (primary N) is 2. The number of amides is 2. The molecular formula is C17H16N6O2S. The predicted molar refractivity (Wildman–Crippen MR) is 102 cm³/mol. The van der Waals surface area contributed by atoms with E-state index in [1.165, 1.54) is 0 Å². The monoisotopic (exact) mass is 368 g/mol. The van der Waals surface area contributed by atoms with E-state index < -0.39 is 11.8 Å². The molecule has 0 radical (unpaired) electrons. The van der Waals surface area contributed by atoms with Crippen molar-refractivity contribution >= 4 is 44.7 Å². The smallest absolute Gasteiger partial charge is 0.270 e. The van der Waals surface area contributed by atoms with Gasteiger partial charge in [0.05, 0.1) is 11.9 Å². The van der Waals surface area contributed by atoms with Crippen molar-refractivity contribution in [1.29, 1.82) is 0 Å². The Bertz CT molecular complexity index is 971. The molecule has 0 saturated heterocycles. The Labute approximate surface area is 153 Å². The van der Waals surface area contributed by atoms with Gasteiger partial charge in [-0.05, 0) is 36.8 Å². The number of aryl methyl sites for hydroxylation is 1. The summed E-state index contributed by atoms with van der Waals surface area (Å²) in [4.78, 5) is 32.2. The fourth-order valence-electron chi connectivity index (χ4n) is 2.14. The van der Waals surface area contributed by atoms with E-state index in [0.29, 0.717) is 22.1 Å². The topological polar surface area (TPSA) is 136 Å². The molecule has 0 aliphatic carbocycles. The first kappa shape index (κ1) is 17.4. The number of anilines is 4. The number of thiazole rings is 1. The van der Waals surface area contributed by atoms with Gasteiger partial charge < -0.3 is 22.1 Å². The highest BCUT2D eigenvalue weighted by atomic mass is 32.1. The molecule has 9 heteroatoms. The van der Waals surface area contributed by atoms with Crippen molar-refractivity contribution < 1.29 is 9.59 Å². The van der Waals surface area contributed by atoms with Crippen LogP contribution in [0.1, 0.15) is 26.4 Å². The zero-order chi connectivity index (χ0) is 18.7. The van der Waals surface area contributed by atoms with E-state index in [-0.39, 0.29) is 10.7 Å². The maximum atomic E-state index is 12.4. The van der Waals surface area contributed by atoms with E-state index in [1.54, 1.807) is 42.7 Å². The van der Waals surface area contributed by atoms with Crippen LogP contribution in [0.3, 0.4) is 0 Å². The summed E-state index contributed by atoms with van der Waals surface area (Å²) in [5, 5.41) is 6.35. The summed E-state index contributed by atoms with van der Waals surface area (Å²) in [6, 6.07) is 8.54. The molecule has 3 rings (SSSR count). The Morgan fingerprint density at radius 2 is 2.04 bits per heavy atom. The molecule has 3 aromatic rings. The molecule has 0 aliphatic rings. The highest BCUT2D eigenvalue weighted by molar-refractivity contribution is 7.20. The van der Waals surface area contributed by atoms with Crippen LogP contribution in [0.4, 0.5) is 21.5 Å². The Hall–Kier alpha value is -3.46. The van der Waals surface area contributed by atoms with Gasteiger partial charge in [0, 0.05) is 17.4 Å². The first-order valence-corrected chi connectivity index (χ1v) is 8.41. The molecule has 0 aliphatic heterocycles. The van der Waals surface area contributed by atoms with Gasteiger partial charge in [-0.2, -0.15) is 0 Å². The number of carbonyl (C=O) groups is 2. The Kier molecular flexibility index (Phi) is 4.81. The zero-order valence-electron chi connectivity index (χ0n) is 13.8. The third kappa shape index (κ3) is 3.78. The second kappa shape index (κ2) is 7.19. The Morgan fingerprint density at radius 3 is 2.69 bits per heavy atom. The van der Waals surface area contributed by atoms with Crippen molar-refractivity contribution in [3.8, 4) is 0 Å². The molecule has 0 unspecified atom stereocenters. The van der Waals surface area contributed by atoms with Gasteiger partial charge in [-0.1, -0.05) is 17.4 Å². The van der Waals surface area contributed by atoms with Crippen molar-refractivity contribution in [3.63, 3.8) is 0 Å². The Morgan fingerprint density at radius 1 is 1.23 bits per heavy atom. The van der Waals surface area contributed by atoms with Crippen LogP contribution in [0, 0.1) is 6.92 Å². The standard InChI is InChI=1S/C17H16N6O2S/c1-9-4-5-10(7-12(9)18)15(25)23-16-13(14(19)24)22-17(26-16)21-11-3-2-6-20-8-11/h2-8H,18H2,1H3,(H2,19,24)(H,21,22)(H,23,25). The van der Waals surface area contributed by atoms with Crippen LogP contribution in [0.15, 0.2) is 42.7 Å². The van der Waals surface area contributed by atoms with Crippen molar-refractivity contribution in [2.45, 2.75) is 6.92 Å². The van der Waals surface area contributed by atoms with Gasteiger partial charge in [0.1, 0.15) is 5.00 Å². The lowest BCUT2D eigenvalue weighted by Gasteiger charge is -2.06. The second-order valence-corrected chi connectivity index (χ2v) is 6.45. The number of primary amides is 1. The van der Waals surface area contributed by atoms with E-state index in [1.807, 2.05) is 6.92 Å². The van der Waals surface area contributed by atoms with E-state index in [9.17, 15) is 9.59 Å². The first-order valence-electron chi connectivity index (χ1n) is 7.59. The molecule has 26 heavy (non-hydrogen) atoms. The fourth-order valence-corrected chi connectivity index (χ4v) is 3.03. The third-order valence-corrected chi connectivity index (χ3v) is 4.43. The highest BCUT2D eigenvalue weighted by Gasteiger charge is 2.19. The molecule has 1 aromatic carbocycles. The van der Waals surface area contributed by atoms with Crippen molar-refractivity contribution in [1.82, 2.24) is 9.97 Å². The number of nitrogen functional groups attached to an aromatic ring is 1. The number of hydrogen-bond donors (Lipinski definition) is 4. The minimum absolute atomic E-state index is 0.0187. The van der Waals surface area contributed by atoms with Crippen LogP contribution in [0.2, 0.25) is 0 Å². The van der Waals surface area contributed by atoms with Crippen LogP contribution >= 0.6 is 11.3 Å². The number of pyridine rings is 1. The van der Waals surface area contributed by atoms with E-state index in [4.69, 9.17) is 11.5 Å². The van der Waals surface area contributed by atoms with E-state index in [2.05, 4.69) is 20.6 Å². The molecule has 0 bridgehead atoms. The number of aromatic nitrogens is 2. The molecular weight excluding hydrogens is 352 g/mol. The normalized spacial score (nSPS) is 10.3. The van der Waals surface area contributed by atoms with Gasteiger partial charge >= 0.3 is 0 Å². The van der Waals surface area contributed by atoms with Crippen LogP contribution in [0.5, 0.6) is 0 Å². The molecule has 2 heterocycles. The van der Waals surface area contributed by atoms with Crippen molar-refractivity contribution in [2.75, 3.05) is 16.4 Å². The minimum atomic E-state index is -0.737.